The van der Waals surface area contributed by atoms with Crippen LogP contribution in [0.15, 0.2) is 4.99 Å². The molecule has 0 spiro atoms. The summed E-state index contributed by atoms with van der Waals surface area (Å²) in [6.45, 7) is 5.97. The summed E-state index contributed by atoms with van der Waals surface area (Å²) >= 11 is 0. The molecule has 1 aromatic rings. The van der Waals surface area contributed by atoms with E-state index in [1.54, 1.807) is 20.9 Å². The third-order valence-electron chi connectivity index (χ3n) is 5.15. The van der Waals surface area contributed by atoms with Gasteiger partial charge in [0.15, 0.2) is 21.6 Å². The number of guanidine groups is 1. The van der Waals surface area contributed by atoms with Crippen LogP contribution < -0.4 is 5.32 Å². The molecule has 1 aromatic heterocycles. The Morgan fingerprint density at radius 2 is 2.00 bits per heavy atom. The molecule has 0 bridgehead atoms. The highest BCUT2D eigenvalue weighted by atomic mass is 127. The Morgan fingerprint density at radius 3 is 2.69 bits per heavy atom. The van der Waals surface area contributed by atoms with Gasteiger partial charge < -0.3 is 14.8 Å². The zero-order valence-electron chi connectivity index (χ0n) is 15.7. The van der Waals surface area contributed by atoms with Gasteiger partial charge in [-0.3, -0.25) is 4.99 Å². The van der Waals surface area contributed by atoms with E-state index in [9.17, 15) is 8.42 Å². The third-order valence-corrected chi connectivity index (χ3v) is 7.68. The molecule has 0 atom stereocenters. The molecule has 10 heteroatoms. The Kier molecular flexibility index (Phi) is 6.92. The fourth-order valence-corrected chi connectivity index (χ4v) is 4.86. The zero-order chi connectivity index (χ0) is 18.1. The lowest BCUT2D eigenvalue weighted by atomic mass is 10.2. The summed E-state index contributed by atoms with van der Waals surface area (Å²) in [6.07, 6.45) is 4.55. The highest BCUT2D eigenvalue weighted by molar-refractivity contribution is 14.0. The van der Waals surface area contributed by atoms with E-state index < -0.39 is 14.6 Å². The summed E-state index contributed by atoms with van der Waals surface area (Å²) in [5.41, 5.74) is 0. The zero-order valence-corrected chi connectivity index (χ0v) is 18.9. The third kappa shape index (κ3) is 4.32. The number of sulfone groups is 1. The number of aliphatic imine (C=N–C) groups is 1. The van der Waals surface area contributed by atoms with Gasteiger partial charge in [-0.25, -0.2) is 8.42 Å². The molecule has 2 aliphatic heterocycles. The smallest absolute Gasteiger partial charge is 0.194 e. The van der Waals surface area contributed by atoms with E-state index in [1.165, 1.54) is 12.8 Å². The largest absolute Gasteiger partial charge is 0.349 e. The molecule has 26 heavy (non-hydrogen) atoms. The fourth-order valence-electron chi connectivity index (χ4n) is 3.49. The van der Waals surface area contributed by atoms with Gasteiger partial charge in [0.05, 0.1) is 17.0 Å². The first-order valence-electron chi connectivity index (χ1n) is 8.93. The molecule has 0 unspecified atom stereocenters. The second-order valence-corrected chi connectivity index (χ2v) is 10.1. The Bertz CT molecular complexity index is 759. The number of aryl methyl sites for hydroxylation is 1. The molecular formula is C16H29IN6O2S. The van der Waals surface area contributed by atoms with Crippen LogP contribution in [0, 0.1) is 0 Å². The second-order valence-electron chi connectivity index (χ2n) is 7.40. The van der Waals surface area contributed by atoms with Gasteiger partial charge in [0, 0.05) is 33.1 Å². The number of nitrogens with zero attached hydrogens (tertiary/aromatic N) is 5. The van der Waals surface area contributed by atoms with Gasteiger partial charge in [-0.1, -0.05) is 6.42 Å². The number of nitrogens with one attached hydrogen (secondary N) is 1. The van der Waals surface area contributed by atoms with E-state index in [4.69, 9.17) is 0 Å². The minimum atomic E-state index is -3.06. The topological polar surface area (TPSA) is 92.5 Å². The normalized spacial score (nSPS) is 22.1. The lowest BCUT2D eigenvalue weighted by molar-refractivity contribution is 0.352. The summed E-state index contributed by atoms with van der Waals surface area (Å²) in [4.78, 5) is 6.35. The second kappa shape index (κ2) is 8.41. The highest BCUT2D eigenvalue weighted by Crippen LogP contribution is 2.23. The van der Waals surface area contributed by atoms with Gasteiger partial charge in [0.25, 0.3) is 0 Å². The predicted molar refractivity (Wildman–Crippen MR) is 113 cm³/mol. The number of rotatable bonds is 2. The standard InChI is InChI=1S/C16H28N6O2S.HI/c1-16(2)12-21(9-10-25(16,23)24)15(17-3)18-11-14-20-19-13-7-5-4-6-8-22(13)14;/h4-12H2,1-3H3,(H,17,18);1H. The van der Waals surface area contributed by atoms with E-state index in [2.05, 4.69) is 25.1 Å². The van der Waals surface area contributed by atoms with Crippen LogP contribution in [0.1, 0.15) is 44.8 Å². The van der Waals surface area contributed by atoms with E-state index in [1.807, 2.05) is 4.90 Å². The van der Waals surface area contributed by atoms with E-state index in [0.717, 1.165) is 31.0 Å². The minimum absolute atomic E-state index is 0. The fraction of sp³-hybridized carbons (Fsp3) is 0.812. The summed E-state index contributed by atoms with van der Waals surface area (Å²) < 4.78 is 25.8. The first kappa shape index (κ1) is 21.4. The van der Waals surface area contributed by atoms with Gasteiger partial charge in [0.2, 0.25) is 0 Å². The SMILES string of the molecule is CN=C(NCc1nnc2n1CCCCC2)N1CCS(=O)(=O)C(C)(C)C1.I. The van der Waals surface area contributed by atoms with Crippen LogP contribution in [-0.2, 0) is 29.3 Å². The van der Waals surface area contributed by atoms with E-state index in [0.29, 0.717) is 25.6 Å². The molecule has 0 amide bonds. The van der Waals surface area contributed by atoms with Crippen LogP contribution in [0.5, 0.6) is 0 Å². The van der Waals surface area contributed by atoms with Crippen LogP contribution in [0.2, 0.25) is 0 Å². The summed E-state index contributed by atoms with van der Waals surface area (Å²) in [6, 6.07) is 0. The van der Waals surface area contributed by atoms with Crippen LogP contribution in [0.25, 0.3) is 0 Å². The molecule has 2 aliphatic rings. The van der Waals surface area contributed by atoms with Crippen molar-refractivity contribution < 1.29 is 8.42 Å². The Labute approximate surface area is 172 Å². The minimum Gasteiger partial charge on any atom is -0.349 e. The molecule has 1 N–H and O–H groups in total. The number of aromatic nitrogens is 3. The summed E-state index contributed by atoms with van der Waals surface area (Å²) in [5.74, 6) is 2.85. The summed E-state index contributed by atoms with van der Waals surface area (Å²) in [5, 5.41) is 12.0. The van der Waals surface area contributed by atoms with Crippen LogP contribution in [-0.4, -0.2) is 64.7 Å². The molecule has 1 saturated heterocycles. The first-order valence-corrected chi connectivity index (χ1v) is 10.6. The lowest BCUT2D eigenvalue weighted by Gasteiger charge is -2.39. The molecular weight excluding hydrogens is 467 g/mol. The molecule has 0 saturated carbocycles. The van der Waals surface area contributed by atoms with E-state index in [-0.39, 0.29) is 29.7 Å². The van der Waals surface area contributed by atoms with Crippen molar-refractivity contribution in [1.82, 2.24) is 25.0 Å². The van der Waals surface area contributed by atoms with Crippen molar-refractivity contribution in [3.8, 4) is 0 Å². The maximum absolute atomic E-state index is 12.2. The van der Waals surface area contributed by atoms with Crippen LogP contribution in [0.3, 0.4) is 0 Å². The summed E-state index contributed by atoms with van der Waals surface area (Å²) in [7, 11) is -1.34. The van der Waals surface area contributed by atoms with Gasteiger partial charge >= 0.3 is 0 Å². The number of halogens is 1. The number of hydrogen-bond acceptors (Lipinski definition) is 5. The van der Waals surface area contributed by atoms with Crippen LogP contribution >= 0.6 is 24.0 Å². The molecule has 0 aromatic carbocycles. The van der Waals surface area contributed by atoms with Gasteiger partial charge in [-0.15, -0.1) is 34.2 Å². The Hall–Kier alpha value is -0.910. The molecule has 0 radical (unpaired) electrons. The Morgan fingerprint density at radius 1 is 1.23 bits per heavy atom. The van der Waals surface area contributed by atoms with E-state index >= 15 is 0 Å². The maximum atomic E-state index is 12.2. The number of hydrogen-bond donors (Lipinski definition) is 1. The van der Waals surface area contributed by atoms with Crippen molar-refractivity contribution >= 4 is 39.8 Å². The molecule has 3 heterocycles. The molecule has 148 valence electrons. The van der Waals surface area contributed by atoms with Crippen molar-refractivity contribution in [2.75, 3.05) is 25.9 Å². The molecule has 0 aliphatic carbocycles. The van der Waals surface area contributed by atoms with Crippen LogP contribution in [0.4, 0.5) is 0 Å². The molecule has 3 rings (SSSR count). The quantitative estimate of drug-likeness (QED) is 0.376. The molecule has 8 nitrogen and oxygen atoms in total. The van der Waals surface area contributed by atoms with Gasteiger partial charge in [0.1, 0.15) is 5.82 Å². The van der Waals surface area contributed by atoms with Crippen molar-refractivity contribution in [2.45, 2.75) is 57.4 Å². The first-order chi connectivity index (χ1) is 11.8. The molecule has 1 fully saturated rings. The van der Waals surface area contributed by atoms with Gasteiger partial charge in [-0.05, 0) is 26.7 Å². The Balaban J connectivity index is 0.00000243. The van der Waals surface area contributed by atoms with Crippen molar-refractivity contribution in [3.05, 3.63) is 11.6 Å². The average Bonchev–Trinajstić information content (AvgIpc) is 2.78. The van der Waals surface area contributed by atoms with Gasteiger partial charge in [-0.2, -0.15) is 0 Å². The van der Waals surface area contributed by atoms with Crippen molar-refractivity contribution in [3.63, 3.8) is 0 Å². The lowest BCUT2D eigenvalue weighted by Crippen LogP contribution is -2.57. The number of fused-ring (bicyclic) bond motifs is 1. The monoisotopic (exact) mass is 496 g/mol. The van der Waals surface area contributed by atoms with Crippen molar-refractivity contribution in [2.24, 2.45) is 4.99 Å². The maximum Gasteiger partial charge on any atom is 0.194 e. The highest BCUT2D eigenvalue weighted by Gasteiger charge is 2.41. The predicted octanol–water partition coefficient (Wildman–Crippen LogP) is 1.21. The average molecular weight is 496 g/mol. The van der Waals surface area contributed by atoms with Crippen molar-refractivity contribution in [1.29, 1.82) is 0 Å².